The average molecular weight is 387 g/mol. The van der Waals surface area contributed by atoms with Crippen LogP contribution in [0.1, 0.15) is 16.7 Å². The summed E-state index contributed by atoms with van der Waals surface area (Å²) in [4.78, 5) is 22.6. The summed E-state index contributed by atoms with van der Waals surface area (Å²) in [5.41, 5.74) is 3.28. The summed E-state index contributed by atoms with van der Waals surface area (Å²) < 4.78 is 6.60. The topological polar surface area (TPSA) is 67.4 Å². The number of rotatable bonds is 4. The van der Waals surface area contributed by atoms with Gasteiger partial charge in [0, 0.05) is 0 Å². The molecule has 2 aromatic carbocycles. The first-order chi connectivity index (χ1) is 11.5. The summed E-state index contributed by atoms with van der Waals surface area (Å²) in [6.07, 6.45) is 1.61. The number of ether oxygens (including phenoxy) is 1. The summed E-state index contributed by atoms with van der Waals surface area (Å²) in [5, 5.41) is 4.62. The zero-order valence-electron chi connectivity index (χ0n) is 12.9. The van der Waals surface area contributed by atoms with E-state index in [1.54, 1.807) is 6.08 Å². The van der Waals surface area contributed by atoms with E-state index in [1.165, 1.54) is 5.56 Å². The highest BCUT2D eigenvalue weighted by Gasteiger charge is 2.22. The fourth-order valence-corrected chi connectivity index (χ4v) is 2.85. The summed E-state index contributed by atoms with van der Waals surface area (Å²) in [6, 6.07) is 13.1. The summed E-state index contributed by atoms with van der Waals surface area (Å²) in [7, 11) is 0. The quantitative estimate of drug-likeness (QED) is 0.623. The Kier molecular flexibility index (Phi) is 4.66. The maximum Gasteiger partial charge on any atom is 0.326 e. The molecule has 0 bridgehead atoms. The van der Waals surface area contributed by atoms with E-state index in [-0.39, 0.29) is 5.70 Å². The molecule has 0 atom stereocenters. The summed E-state index contributed by atoms with van der Waals surface area (Å²) >= 11 is 3.47. The highest BCUT2D eigenvalue weighted by atomic mass is 79.9. The van der Waals surface area contributed by atoms with Crippen molar-refractivity contribution in [3.8, 4) is 5.75 Å². The van der Waals surface area contributed by atoms with Crippen molar-refractivity contribution in [2.24, 2.45) is 0 Å². The smallest absolute Gasteiger partial charge is 0.326 e. The Bertz CT molecular complexity index is 846. The standard InChI is InChI=1S/C18H15BrN2O3/c1-11-3-2-4-13(7-11)10-24-16-6-5-12(8-14(16)19)9-15-17(22)21-18(23)20-15/h2-9H,10H2,1H3,(H2,20,21,22,23)/b15-9+. The van der Waals surface area contributed by atoms with Crippen LogP contribution >= 0.6 is 15.9 Å². The number of hydrogen-bond donors (Lipinski definition) is 2. The first kappa shape index (κ1) is 16.3. The second-order valence-corrected chi connectivity index (χ2v) is 6.29. The molecular weight excluding hydrogens is 372 g/mol. The molecular formula is C18H15BrN2O3. The van der Waals surface area contributed by atoms with Gasteiger partial charge in [-0.2, -0.15) is 0 Å². The van der Waals surface area contributed by atoms with Gasteiger partial charge in [0.2, 0.25) is 0 Å². The summed E-state index contributed by atoms with van der Waals surface area (Å²) in [6.45, 7) is 2.51. The van der Waals surface area contributed by atoms with E-state index in [4.69, 9.17) is 4.74 Å². The van der Waals surface area contributed by atoms with Crippen molar-refractivity contribution in [2.75, 3.05) is 0 Å². The maximum absolute atomic E-state index is 11.5. The molecule has 3 amide bonds. The second-order valence-electron chi connectivity index (χ2n) is 5.43. The van der Waals surface area contributed by atoms with Crippen molar-refractivity contribution >= 4 is 33.9 Å². The molecule has 0 aliphatic carbocycles. The Labute approximate surface area is 147 Å². The first-order valence-electron chi connectivity index (χ1n) is 7.33. The lowest BCUT2D eigenvalue weighted by Gasteiger charge is -2.09. The molecule has 24 heavy (non-hydrogen) atoms. The van der Waals surface area contributed by atoms with Crippen molar-refractivity contribution in [1.29, 1.82) is 0 Å². The zero-order valence-corrected chi connectivity index (χ0v) is 14.5. The molecule has 6 heteroatoms. The number of amides is 3. The van der Waals surface area contributed by atoms with Gasteiger partial charge < -0.3 is 10.1 Å². The third-order valence-corrected chi connectivity index (χ3v) is 4.08. The third-order valence-electron chi connectivity index (χ3n) is 3.46. The Morgan fingerprint density at radius 2 is 1.96 bits per heavy atom. The lowest BCUT2D eigenvalue weighted by atomic mass is 10.1. The van der Waals surface area contributed by atoms with Gasteiger partial charge in [-0.3, -0.25) is 10.1 Å². The van der Waals surface area contributed by atoms with Gasteiger partial charge in [0.05, 0.1) is 4.47 Å². The minimum Gasteiger partial charge on any atom is -0.488 e. The van der Waals surface area contributed by atoms with Crippen LogP contribution in [0, 0.1) is 6.92 Å². The van der Waals surface area contributed by atoms with E-state index in [9.17, 15) is 9.59 Å². The van der Waals surface area contributed by atoms with Crippen LogP contribution in [0.25, 0.3) is 6.08 Å². The van der Waals surface area contributed by atoms with Gasteiger partial charge in [0.15, 0.2) is 0 Å². The maximum atomic E-state index is 11.5. The highest BCUT2D eigenvalue weighted by molar-refractivity contribution is 9.10. The largest absolute Gasteiger partial charge is 0.488 e. The SMILES string of the molecule is Cc1cccc(COc2ccc(/C=C3/NC(=O)NC3=O)cc2Br)c1. The number of hydrogen-bond acceptors (Lipinski definition) is 3. The Balaban J connectivity index is 1.72. The van der Waals surface area contributed by atoms with Crippen molar-refractivity contribution < 1.29 is 14.3 Å². The number of urea groups is 1. The number of aryl methyl sites for hydroxylation is 1. The molecule has 0 unspecified atom stereocenters. The number of carbonyl (C=O) groups is 2. The van der Waals surface area contributed by atoms with Crippen LogP contribution in [-0.2, 0) is 11.4 Å². The molecule has 1 heterocycles. The molecule has 0 radical (unpaired) electrons. The number of halogens is 1. The summed E-state index contributed by atoms with van der Waals surface area (Å²) in [5.74, 6) is 0.273. The normalized spacial score (nSPS) is 15.3. The van der Waals surface area contributed by atoms with Gasteiger partial charge in [0.25, 0.3) is 5.91 Å². The molecule has 1 aliphatic heterocycles. The van der Waals surface area contributed by atoms with Crippen LogP contribution in [0.15, 0.2) is 52.6 Å². The fraction of sp³-hybridized carbons (Fsp3) is 0.111. The van der Waals surface area contributed by atoms with Gasteiger partial charge in [-0.05, 0) is 52.2 Å². The van der Waals surface area contributed by atoms with Crippen LogP contribution in [0.5, 0.6) is 5.75 Å². The lowest BCUT2D eigenvalue weighted by Crippen LogP contribution is -2.22. The molecule has 0 saturated carbocycles. The van der Waals surface area contributed by atoms with E-state index >= 15 is 0 Å². The predicted octanol–water partition coefficient (Wildman–Crippen LogP) is 3.52. The van der Waals surface area contributed by atoms with E-state index in [1.807, 2.05) is 43.3 Å². The molecule has 0 aromatic heterocycles. The van der Waals surface area contributed by atoms with Crippen molar-refractivity contribution in [1.82, 2.24) is 10.6 Å². The first-order valence-corrected chi connectivity index (χ1v) is 8.12. The second kappa shape index (κ2) is 6.88. The molecule has 2 aromatic rings. The average Bonchev–Trinajstić information content (AvgIpc) is 2.84. The number of carbonyl (C=O) groups excluding carboxylic acids is 2. The van der Waals surface area contributed by atoms with E-state index in [0.29, 0.717) is 12.4 Å². The van der Waals surface area contributed by atoms with Gasteiger partial charge in [-0.15, -0.1) is 0 Å². The van der Waals surface area contributed by atoms with Gasteiger partial charge >= 0.3 is 6.03 Å². The number of nitrogens with one attached hydrogen (secondary N) is 2. The molecule has 2 N–H and O–H groups in total. The van der Waals surface area contributed by atoms with Crippen molar-refractivity contribution in [2.45, 2.75) is 13.5 Å². The molecule has 3 rings (SSSR count). The Morgan fingerprint density at radius 1 is 1.12 bits per heavy atom. The Hall–Kier alpha value is -2.60. The molecule has 0 spiro atoms. The van der Waals surface area contributed by atoms with Crippen LogP contribution in [0.4, 0.5) is 4.79 Å². The monoisotopic (exact) mass is 386 g/mol. The van der Waals surface area contributed by atoms with Crippen LogP contribution in [0.3, 0.4) is 0 Å². The van der Waals surface area contributed by atoms with Crippen LogP contribution < -0.4 is 15.4 Å². The van der Waals surface area contributed by atoms with Crippen LogP contribution in [0.2, 0.25) is 0 Å². The fourth-order valence-electron chi connectivity index (χ4n) is 2.34. The van der Waals surface area contributed by atoms with E-state index in [2.05, 4.69) is 32.6 Å². The highest BCUT2D eigenvalue weighted by Crippen LogP contribution is 2.28. The minimum absolute atomic E-state index is 0.223. The van der Waals surface area contributed by atoms with Gasteiger partial charge in [-0.1, -0.05) is 35.9 Å². The number of imide groups is 1. The van der Waals surface area contributed by atoms with Crippen molar-refractivity contribution in [3.05, 3.63) is 69.3 Å². The lowest BCUT2D eigenvalue weighted by molar-refractivity contribution is -0.115. The Morgan fingerprint density at radius 3 is 2.62 bits per heavy atom. The third kappa shape index (κ3) is 3.83. The van der Waals surface area contributed by atoms with Crippen LogP contribution in [-0.4, -0.2) is 11.9 Å². The molecule has 1 saturated heterocycles. The van der Waals surface area contributed by atoms with Gasteiger partial charge in [-0.25, -0.2) is 4.79 Å². The number of benzene rings is 2. The molecule has 122 valence electrons. The molecule has 5 nitrogen and oxygen atoms in total. The van der Waals surface area contributed by atoms with Gasteiger partial charge in [0.1, 0.15) is 18.1 Å². The van der Waals surface area contributed by atoms with Crippen molar-refractivity contribution in [3.63, 3.8) is 0 Å². The predicted molar refractivity (Wildman–Crippen MR) is 94.3 cm³/mol. The zero-order chi connectivity index (χ0) is 17.1. The van der Waals surface area contributed by atoms with E-state index < -0.39 is 11.9 Å². The van der Waals surface area contributed by atoms with E-state index in [0.717, 1.165) is 15.6 Å². The molecule has 1 aliphatic rings. The minimum atomic E-state index is -0.511. The molecule has 1 fully saturated rings.